The number of carbonyl (C=O) groups excluding carboxylic acids is 2. The van der Waals surface area contributed by atoms with Crippen LogP contribution in [0.25, 0.3) is 11.2 Å². The zero-order chi connectivity index (χ0) is 22.5. The molecule has 4 rings (SSSR count). The number of anilines is 1. The van der Waals surface area contributed by atoms with E-state index in [1.165, 1.54) is 30.8 Å². The van der Waals surface area contributed by atoms with Gasteiger partial charge in [-0.3, -0.25) is 4.79 Å². The fourth-order valence-corrected chi connectivity index (χ4v) is 3.72. The van der Waals surface area contributed by atoms with Crippen LogP contribution in [0.15, 0.2) is 59.9 Å². The van der Waals surface area contributed by atoms with Crippen molar-refractivity contribution in [2.24, 2.45) is 0 Å². The first-order chi connectivity index (χ1) is 15.5. The Hall–Kier alpha value is -3.79. The monoisotopic (exact) mass is 448 g/mol. The molecule has 10 heteroatoms. The Morgan fingerprint density at radius 1 is 1.06 bits per heavy atom. The van der Waals surface area contributed by atoms with Crippen molar-refractivity contribution < 1.29 is 14.3 Å². The fourth-order valence-electron chi connectivity index (χ4n) is 2.99. The molecule has 2 heterocycles. The molecule has 162 valence electrons. The van der Waals surface area contributed by atoms with Crippen molar-refractivity contribution in [2.45, 2.75) is 18.5 Å². The number of ether oxygens (including phenoxy) is 1. The number of nitrogens with one attached hydrogen (secondary N) is 1. The Bertz CT molecular complexity index is 1260. The SMILES string of the molecule is COC(=O)c1ccc(NC(=O)CSc2ncnc3c2nnn3Cc2ccc(C)cc2)cc1. The number of nitrogens with zero attached hydrogens (tertiary/aromatic N) is 5. The van der Waals surface area contributed by atoms with E-state index in [9.17, 15) is 9.59 Å². The molecule has 0 aliphatic rings. The van der Waals surface area contributed by atoms with E-state index in [4.69, 9.17) is 0 Å². The highest BCUT2D eigenvalue weighted by molar-refractivity contribution is 8.00. The van der Waals surface area contributed by atoms with Crippen LogP contribution in [-0.2, 0) is 16.1 Å². The second kappa shape index (κ2) is 9.56. The third-order valence-electron chi connectivity index (χ3n) is 4.65. The van der Waals surface area contributed by atoms with Crippen molar-refractivity contribution in [1.82, 2.24) is 25.0 Å². The zero-order valence-electron chi connectivity index (χ0n) is 17.5. The molecule has 9 nitrogen and oxygen atoms in total. The van der Waals surface area contributed by atoms with E-state index in [-0.39, 0.29) is 11.7 Å². The number of amides is 1. The maximum absolute atomic E-state index is 12.4. The molecule has 0 saturated heterocycles. The molecule has 1 amide bonds. The number of esters is 1. The molecule has 0 atom stereocenters. The van der Waals surface area contributed by atoms with Crippen molar-refractivity contribution in [3.8, 4) is 0 Å². The second-order valence-electron chi connectivity index (χ2n) is 6.99. The first-order valence-electron chi connectivity index (χ1n) is 9.74. The summed E-state index contributed by atoms with van der Waals surface area (Å²) in [4.78, 5) is 32.4. The van der Waals surface area contributed by atoms with E-state index in [1.54, 1.807) is 28.9 Å². The van der Waals surface area contributed by atoms with Crippen LogP contribution in [0, 0.1) is 6.92 Å². The molecule has 0 saturated carbocycles. The molecule has 0 aliphatic heterocycles. The van der Waals surface area contributed by atoms with Crippen molar-refractivity contribution in [3.05, 3.63) is 71.5 Å². The number of aromatic nitrogens is 5. The van der Waals surface area contributed by atoms with E-state index >= 15 is 0 Å². The second-order valence-corrected chi connectivity index (χ2v) is 7.95. The standard InChI is InChI=1S/C22H20N6O3S/c1-14-3-5-15(6-4-14)11-28-20-19(26-27-28)21(24-13-23-20)32-12-18(29)25-17-9-7-16(8-10-17)22(30)31-2/h3-10,13H,11-12H2,1-2H3,(H,25,29). The van der Waals surface area contributed by atoms with Crippen LogP contribution >= 0.6 is 11.8 Å². The Kier molecular flexibility index (Phi) is 6.41. The maximum Gasteiger partial charge on any atom is 0.337 e. The van der Waals surface area contributed by atoms with Gasteiger partial charge in [-0.05, 0) is 36.8 Å². The van der Waals surface area contributed by atoms with E-state index in [1.807, 2.05) is 31.2 Å². The van der Waals surface area contributed by atoms with E-state index in [2.05, 4.69) is 30.3 Å². The van der Waals surface area contributed by atoms with Crippen LogP contribution in [-0.4, -0.2) is 49.7 Å². The van der Waals surface area contributed by atoms with Crippen LogP contribution < -0.4 is 5.32 Å². The lowest BCUT2D eigenvalue weighted by Crippen LogP contribution is -2.14. The van der Waals surface area contributed by atoms with Gasteiger partial charge in [0.1, 0.15) is 11.4 Å². The van der Waals surface area contributed by atoms with Crippen LogP contribution in [0.3, 0.4) is 0 Å². The van der Waals surface area contributed by atoms with Gasteiger partial charge in [0.15, 0.2) is 11.2 Å². The molecule has 0 bridgehead atoms. The number of benzene rings is 2. The lowest BCUT2D eigenvalue weighted by atomic mass is 10.1. The average molecular weight is 449 g/mol. The van der Waals surface area contributed by atoms with Gasteiger partial charge in [-0.15, -0.1) is 5.10 Å². The summed E-state index contributed by atoms with van der Waals surface area (Å²) in [5.74, 6) is -0.503. The highest BCUT2D eigenvalue weighted by Gasteiger charge is 2.14. The normalized spacial score (nSPS) is 10.8. The van der Waals surface area contributed by atoms with Gasteiger partial charge in [0, 0.05) is 5.69 Å². The molecule has 4 aromatic rings. The summed E-state index contributed by atoms with van der Waals surface area (Å²) < 4.78 is 6.38. The first kappa shape index (κ1) is 21.4. The third-order valence-corrected chi connectivity index (χ3v) is 5.63. The van der Waals surface area contributed by atoms with Crippen molar-refractivity contribution in [2.75, 3.05) is 18.2 Å². The van der Waals surface area contributed by atoms with Crippen LogP contribution in [0.4, 0.5) is 5.69 Å². The molecule has 0 fully saturated rings. The highest BCUT2D eigenvalue weighted by atomic mass is 32.2. The van der Waals surface area contributed by atoms with Gasteiger partial charge in [0.25, 0.3) is 0 Å². The van der Waals surface area contributed by atoms with Crippen molar-refractivity contribution in [3.63, 3.8) is 0 Å². The summed E-state index contributed by atoms with van der Waals surface area (Å²) in [6, 6.07) is 14.7. The lowest BCUT2D eigenvalue weighted by molar-refractivity contribution is -0.113. The maximum atomic E-state index is 12.4. The summed E-state index contributed by atoms with van der Waals surface area (Å²) in [6.45, 7) is 2.58. The smallest absolute Gasteiger partial charge is 0.337 e. The minimum Gasteiger partial charge on any atom is -0.465 e. The number of methoxy groups -OCH3 is 1. The van der Waals surface area contributed by atoms with E-state index in [0.29, 0.717) is 34.0 Å². The predicted octanol–water partition coefficient (Wildman–Crippen LogP) is 3.10. The minimum atomic E-state index is -0.429. The molecule has 32 heavy (non-hydrogen) atoms. The molecule has 0 aliphatic carbocycles. The average Bonchev–Trinajstić information content (AvgIpc) is 3.22. The lowest BCUT2D eigenvalue weighted by Gasteiger charge is -2.06. The molecule has 0 unspecified atom stereocenters. The molecule has 2 aromatic carbocycles. The fraction of sp³-hybridized carbons (Fsp3) is 0.182. The molecule has 0 spiro atoms. The summed E-state index contributed by atoms with van der Waals surface area (Å²) in [5, 5.41) is 11.8. The minimum absolute atomic E-state index is 0.135. The van der Waals surface area contributed by atoms with Gasteiger partial charge in [0.05, 0.1) is 25.0 Å². The molecular weight excluding hydrogens is 428 g/mol. The predicted molar refractivity (Wildman–Crippen MR) is 121 cm³/mol. The van der Waals surface area contributed by atoms with Gasteiger partial charge < -0.3 is 10.1 Å². The molecule has 2 aromatic heterocycles. The number of hydrogen-bond donors (Lipinski definition) is 1. The topological polar surface area (TPSA) is 112 Å². The largest absolute Gasteiger partial charge is 0.465 e. The number of carbonyl (C=O) groups is 2. The Morgan fingerprint density at radius 3 is 2.53 bits per heavy atom. The van der Waals surface area contributed by atoms with Crippen LogP contribution in [0.2, 0.25) is 0 Å². The van der Waals surface area contributed by atoms with Crippen LogP contribution in [0.5, 0.6) is 0 Å². The first-order valence-corrected chi connectivity index (χ1v) is 10.7. The van der Waals surface area contributed by atoms with Crippen molar-refractivity contribution in [1.29, 1.82) is 0 Å². The quantitative estimate of drug-likeness (QED) is 0.261. The van der Waals surface area contributed by atoms with E-state index < -0.39 is 5.97 Å². The van der Waals surface area contributed by atoms with Crippen molar-refractivity contribution >= 4 is 40.5 Å². The highest BCUT2D eigenvalue weighted by Crippen LogP contribution is 2.23. The van der Waals surface area contributed by atoms with Gasteiger partial charge in [-0.25, -0.2) is 19.4 Å². The van der Waals surface area contributed by atoms with Gasteiger partial charge in [0.2, 0.25) is 5.91 Å². The summed E-state index contributed by atoms with van der Waals surface area (Å²) in [7, 11) is 1.32. The third kappa shape index (κ3) is 4.92. The van der Waals surface area contributed by atoms with Gasteiger partial charge >= 0.3 is 5.97 Å². The number of fused-ring (bicyclic) bond motifs is 1. The number of aryl methyl sites for hydroxylation is 1. The zero-order valence-corrected chi connectivity index (χ0v) is 18.3. The van der Waals surface area contributed by atoms with Gasteiger partial charge in [-0.1, -0.05) is 46.8 Å². The number of hydrogen-bond acceptors (Lipinski definition) is 8. The van der Waals surface area contributed by atoms with E-state index in [0.717, 1.165) is 5.56 Å². The molecule has 1 N–H and O–H groups in total. The number of thioether (sulfide) groups is 1. The summed E-state index contributed by atoms with van der Waals surface area (Å²) >= 11 is 1.26. The number of rotatable bonds is 7. The molecular formula is C22H20N6O3S. The van der Waals surface area contributed by atoms with Crippen LogP contribution in [0.1, 0.15) is 21.5 Å². The Labute approximate surface area is 188 Å². The summed E-state index contributed by atoms with van der Waals surface area (Å²) in [6.07, 6.45) is 1.45. The Balaban J connectivity index is 1.41. The summed E-state index contributed by atoms with van der Waals surface area (Å²) in [5.41, 5.74) is 4.45. The Morgan fingerprint density at radius 2 is 1.81 bits per heavy atom. The molecule has 0 radical (unpaired) electrons. The van der Waals surface area contributed by atoms with Gasteiger partial charge in [-0.2, -0.15) is 0 Å².